The van der Waals surface area contributed by atoms with Crippen LogP contribution >= 0.6 is 0 Å². The van der Waals surface area contributed by atoms with Gasteiger partial charge in [-0.3, -0.25) is 0 Å². The van der Waals surface area contributed by atoms with E-state index in [9.17, 15) is 5.11 Å². The second kappa shape index (κ2) is 7.84. The maximum atomic E-state index is 10.0. The topological polar surface area (TPSA) is 29.5 Å². The van der Waals surface area contributed by atoms with Crippen LogP contribution in [0.15, 0.2) is 48.5 Å². The summed E-state index contributed by atoms with van der Waals surface area (Å²) < 4.78 is 5.93. The van der Waals surface area contributed by atoms with Crippen LogP contribution in [0.5, 0.6) is 11.5 Å². The highest BCUT2D eigenvalue weighted by Gasteiger charge is 2.11. The second-order valence-electron chi connectivity index (χ2n) is 5.31. The highest BCUT2D eigenvalue weighted by Crippen LogP contribution is 2.31. The summed E-state index contributed by atoms with van der Waals surface area (Å²) in [5, 5.41) is 10.0. The maximum absolute atomic E-state index is 10.0. The number of aliphatic hydroxyl groups is 1. The van der Waals surface area contributed by atoms with Crippen molar-refractivity contribution in [2.45, 2.75) is 45.6 Å². The number of rotatable bonds is 7. The van der Waals surface area contributed by atoms with Crippen molar-refractivity contribution in [2.75, 3.05) is 0 Å². The molecule has 0 aliphatic carbocycles. The molecule has 0 saturated heterocycles. The second-order valence-corrected chi connectivity index (χ2v) is 5.31. The Bertz CT molecular complexity index is 546. The molecule has 2 aromatic rings. The van der Waals surface area contributed by atoms with E-state index in [1.807, 2.05) is 43.3 Å². The van der Waals surface area contributed by atoms with Crippen LogP contribution in [0.25, 0.3) is 0 Å². The lowest BCUT2D eigenvalue weighted by atomic mass is 10.1. The molecule has 21 heavy (non-hydrogen) atoms. The van der Waals surface area contributed by atoms with Crippen LogP contribution in [0.4, 0.5) is 0 Å². The first-order valence-corrected chi connectivity index (χ1v) is 7.78. The Morgan fingerprint density at radius 1 is 1.00 bits per heavy atom. The third kappa shape index (κ3) is 4.33. The fourth-order valence-electron chi connectivity index (χ4n) is 2.30. The van der Waals surface area contributed by atoms with Gasteiger partial charge in [0.15, 0.2) is 0 Å². The number of benzene rings is 2. The molecule has 0 saturated carbocycles. The van der Waals surface area contributed by atoms with Gasteiger partial charge in [0.1, 0.15) is 11.5 Å². The number of hydrogen-bond acceptors (Lipinski definition) is 2. The van der Waals surface area contributed by atoms with E-state index >= 15 is 0 Å². The standard InChI is InChI=1S/C19H24O2/c1-3-5-8-15-11-13-16(14-12-15)21-19-10-7-6-9-17(19)18(20)4-2/h6-7,9-14,18,20H,3-5,8H2,1-2H3/t18-/m1/s1. The van der Waals surface area contributed by atoms with Gasteiger partial charge in [-0.15, -0.1) is 0 Å². The quantitative estimate of drug-likeness (QED) is 0.751. The van der Waals surface area contributed by atoms with E-state index in [0.29, 0.717) is 6.42 Å². The molecule has 2 rings (SSSR count). The van der Waals surface area contributed by atoms with Crippen LogP contribution in [-0.2, 0) is 6.42 Å². The van der Waals surface area contributed by atoms with Crippen molar-refractivity contribution >= 4 is 0 Å². The van der Waals surface area contributed by atoms with Crippen molar-refractivity contribution in [2.24, 2.45) is 0 Å². The molecule has 0 heterocycles. The van der Waals surface area contributed by atoms with Gasteiger partial charge in [0.05, 0.1) is 6.10 Å². The molecule has 2 nitrogen and oxygen atoms in total. The molecule has 2 heteroatoms. The van der Waals surface area contributed by atoms with E-state index < -0.39 is 6.10 Å². The number of hydrogen-bond donors (Lipinski definition) is 1. The Hall–Kier alpha value is -1.80. The van der Waals surface area contributed by atoms with Gasteiger partial charge in [-0.05, 0) is 43.0 Å². The number of para-hydroxylation sites is 1. The molecule has 1 N–H and O–H groups in total. The van der Waals surface area contributed by atoms with Gasteiger partial charge in [0, 0.05) is 5.56 Å². The Morgan fingerprint density at radius 2 is 1.71 bits per heavy atom. The van der Waals surface area contributed by atoms with Crippen LogP contribution in [-0.4, -0.2) is 5.11 Å². The molecule has 0 radical (unpaired) electrons. The number of ether oxygens (including phenoxy) is 1. The molecule has 0 spiro atoms. The summed E-state index contributed by atoms with van der Waals surface area (Å²) in [6.07, 6.45) is 3.73. The summed E-state index contributed by atoms with van der Waals surface area (Å²) in [4.78, 5) is 0. The molecular weight excluding hydrogens is 260 g/mol. The van der Waals surface area contributed by atoms with Crippen molar-refractivity contribution < 1.29 is 9.84 Å². The highest BCUT2D eigenvalue weighted by molar-refractivity contribution is 5.39. The van der Waals surface area contributed by atoms with Gasteiger partial charge >= 0.3 is 0 Å². The number of aryl methyl sites for hydroxylation is 1. The Morgan fingerprint density at radius 3 is 2.38 bits per heavy atom. The van der Waals surface area contributed by atoms with Crippen LogP contribution in [0, 0.1) is 0 Å². The van der Waals surface area contributed by atoms with Crippen molar-refractivity contribution in [1.29, 1.82) is 0 Å². The minimum absolute atomic E-state index is 0.481. The lowest BCUT2D eigenvalue weighted by Crippen LogP contribution is -1.98. The zero-order valence-electron chi connectivity index (χ0n) is 12.9. The average Bonchev–Trinajstić information content (AvgIpc) is 2.54. The molecule has 1 atom stereocenters. The molecule has 0 bridgehead atoms. The minimum Gasteiger partial charge on any atom is -0.457 e. The molecule has 0 aliphatic rings. The van der Waals surface area contributed by atoms with Gasteiger partial charge in [-0.2, -0.15) is 0 Å². The molecule has 0 amide bonds. The number of aliphatic hydroxyl groups excluding tert-OH is 1. The summed E-state index contributed by atoms with van der Waals surface area (Å²) >= 11 is 0. The Kier molecular flexibility index (Phi) is 5.82. The highest BCUT2D eigenvalue weighted by atomic mass is 16.5. The summed E-state index contributed by atoms with van der Waals surface area (Å²) in [6.45, 7) is 4.16. The van der Waals surface area contributed by atoms with E-state index in [-0.39, 0.29) is 0 Å². The Balaban J connectivity index is 2.11. The summed E-state index contributed by atoms with van der Waals surface area (Å²) in [5.41, 5.74) is 2.18. The summed E-state index contributed by atoms with van der Waals surface area (Å²) in [6, 6.07) is 15.9. The van der Waals surface area contributed by atoms with Crippen LogP contribution in [0.2, 0.25) is 0 Å². The SMILES string of the molecule is CCCCc1ccc(Oc2ccccc2[C@H](O)CC)cc1. The smallest absolute Gasteiger partial charge is 0.133 e. The van der Waals surface area contributed by atoms with E-state index in [4.69, 9.17) is 4.74 Å². The summed E-state index contributed by atoms with van der Waals surface area (Å²) in [7, 11) is 0. The van der Waals surface area contributed by atoms with Gasteiger partial charge in [-0.25, -0.2) is 0 Å². The van der Waals surface area contributed by atoms with Gasteiger partial charge < -0.3 is 9.84 Å². The fourth-order valence-corrected chi connectivity index (χ4v) is 2.30. The third-order valence-corrected chi connectivity index (χ3v) is 3.63. The van der Waals surface area contributed by atoms with Gasteiger partial charge in [0.25, 0.3) is 0 Å². The molecule has 0 aliphatic heterocycles. The lowest BCUT2D eigenvalue weighted by Gasteiger charge is -2.14. The van der Waals surface area contributed by atoms with Crippen LogP contribution < -0.4 is 4.74 Å². The molecule has 0 fully saturated rings. The predicted octanol–water partition coefficient (Wildman–Crippen LogP) is 5.26. The van der Waals surface area contributed by atoms with Gasteiger partial charge in [-0.1, -0.05) is 50.6 Å². The normalized spacial score (nSPS) is 12.1. The fraction of sp³-hybridized carbons (Fsp3) is 0.368. The first kappa shape index (κ1) is 15.6. The zero-order valence-corrected chi connectivity index (χ0v) is 12.9. The zero-order chi connectivity index (χ0) is 15.1. The molecule has 2 aromatic carbocycles. The van der Waals surface area contributed by atoms with E-state index in [0.717, 1.165) is 23.5 Å². The number of unbranched alkanes of at least 4 members (excludes halogenated alkanes) is 1. The van der Waals surface area contributed by atoms with Crippen molar-refractivity contribution in [3.8, 4) is 11.5 Å². The molecule has 0 aromatic heterocycles. The maximum Gasteiger partial charge on any atom is 0.133 e. The van der Waals surface area contributed by atoms with E-state index in [2.05, 4.69) is 19.1 Å². The van der Waals surface area contributed by atoms with Crippen LogP contribution in [0.1, 0.15) is 50.3 Å². The summed E-state index contributed by atoms with van der Waals surface area (Å²) in [5.74, 6) is 1.54. The first-order chi connectivity index (χ1) is 10.2. The predicted molar refractivity (Wildman–Crippen MR) is 86.8 cm³/mol. The van der Waals surface area contributed by atoms with Crippen LogP contribution in [0.3, 0.4) is 0 Å². The third-order valence-electron chi connectivity index (χ3n) is 3.63. The first-order valence-electron chi connectivity index (χ1n) is 7.78. The molecule has 112 valence electrons. The monoisotopic (exact) mass is 284 g/mol. The largest absolute Gasteiger partial charge is 0.457 e. The van der Waals surface area contributed by atoms with Crippen molar-refractivity contribution in [3.63, 3.8) is 0 Å². The van der Waals surface area contributed by atoms with Gasteiger partial charge in [0.2, 0.25) is 0 Å². The lowest BCUT2D eigenvalue weighted by molar-refractivity contribution is 0.170. The van der Waals surface area contributed by atoms with Crippen molar-refractivity contribution in [3.05, 3.63) is 59.7 Å². The Labute approximate surface area is 127 Å². The van der Waals surface area contributed by atoms with E-state index in [1.54, 1.807) is 0 Å². The van der Waals surface area contributed by atoms with E-state index in [1.165, 1.54) is 18.4 Å². The molecular formula is C19H24O2. The molecule has 0 unspecified atom stereocenters. The average molecular weight is 284 g/mol. The minimum atomic E-state index is -0.481. The van der Waals surface area contributed by atoms with Crippen molar-refractivity contribution in [1.82, 2.24) is 0 Å².